The first-order valence-corrected chi connectivity index (χ1v) is 8.55. The summed E-state index contributed by atoms with van der Waals surface area (Å²) in [5.74, 6) is -0.849. The normalized spacial score (nSPS) is 14.7. The van der Waals surface area contributed by atoms with E-state index in [-0.39, 0.29) is 12.5 Å². The van der Waals surface area contributed by atoms with Gasteiger partial charge in [0.05, 0.1) is 0 Å². The van der Waals surface area contributed by atoms with Crippen LogP contribution in [-0.4, -0.2) is 28.9 Å². The topological polar surface area (TPSA) is 78.4 Å². The number of thioether (sulfide) groups is 1. The van der Waals surface area contributed by atoms with Crippen LogP contribution in [-0.2, 0) is 4.79 Å². The lowest BCUT2D eigenvalue weighted by molar-refractivity contribution is -0.137. The minimum absolute atomic E-state index is 0.0629. The quantitative estimate of drug-likeness (QED) is 0.669. The average molecular weight is 322 g/mol. The van der Waals surface area contributed by atoms with Crippen LogP contribution in [0.3, 0.4) is 0 Å². The maximum absolute atomic E-state index is 11.6. The van der Waals surface area contributed by atoms with E-state index >= 15 is 0 Å². The molecule has 1 fully saturated rings. The summed E-state index contributed by atoms with van der Waals surface area (Å²) in [5.41, 5.74) is 0.742. The molecule has 5 nitrogen and oxygen atoms in total. The Morgan fingerprint density at radius 2 is 1.86 bits per heavy atom. The van der Waals surface area contributed by atoms with E-state index in [0.29, 0.717) is 13.0 Å². The fraction of sp³-hybridized carbons (Fsp3) is 0.500. The first-order chi connectivity index (χ1) is 10.6. The van der Waals surface area contributed by atoms with Crippen LogP contribution in [0.2, 0.25) is 0 Å². The number of benzene rings is 1. The third kappa shape index (κ3) is 5.97. The first kappa shape index (κ1) is 16.7. The van der Waals surface area contributed by atoms with Gasteiger partial charge in [-0.05, 0) is 43.5 Å². The summed E-state index contributed by atoms with van der Waals surface area (Å²) in [5, 5.41) is 14.6. The summed E-state index contributed by atoms with van der Waals surface area (Å²) >= 11 is 1.91. The SMILES string of the molecule is O=C(O)CCCNC(=O)Nc1ccc(SC2CCCC2)cc1. The Kier molecular flexibility index (Phi) is 6.58. The molecule has 1 aromatic rings. The third-order valence-electron chi connectivity index (χ3n) is 3.57. The monoisotopic (exact) mass is 322 g/mol. The lowest BCUT2D eigenvalue weighted by atomic mass is 10.3. The van der Waals surface area contributed by atoms with Crippen LogP contribution in [0.25, 0.3) is 0 Å². The van der Waals surface area contributed by atoms with Gasteiger partial charge in [-0.1, -0.05) is 12.8 Å². The van der Waals surface area contributed by atoms with E-state index in [0.717, 1.165) is 10.9 Å². The van der Waals surface area contributed by atoms with Crippen molar-refractivity contribution >= 4 is 29.4 Å². The molecule has 1 aliphatic rings. The second-order valence-electron chi connectivity index (χ2n) is 5.43. The molecule has 6 heteroatoms. The Hall–Kier alpha value is -1.69. The highest BCUT2D eigenvalue weighted by atomic mass is 32.2. The molecule has 1 saturated carbocycles. The van der Waals surface area contributed by atoms with Crippen LogP contribution >= 0.6 is 11.8 Å². The molecule has 3 N–H and O–H groups in total. The lowest BCUT2D eigenvalue weighted by Crippen LogP contribution is -2.29. The van der Waals surface area contributed by atoms with E-state index in [2.05, 4.69) is 10.6 Å². The number of carbonyl (C=O) groups is 2. The van der Waals surface area contributed by atoms with Crippen LogP contribution < -0.4 is 10.6 Å². The van der Waals surface area contributed by atoms with Crippen molar-refractivity contribution < 1.29 is 14.7 Å². The minimum atomic E-state index is -0.849. The van der Waals surface area contributed by atoms with Crippen LogP contribution in [0.5, 0.6) is 0 Å². The standard InChI is InChI=1S/C16H22N2O3S/c19-15(20)6-3-11-17-16(21)18-12-7-9-14(10-8-12)22-13-4-1-2-5-13/h7-10,13H,1-6,11H2,(H,19,20)(H2,17,18,21). The van der Waals surface area contributed by atoms with Gasteiger partial charge in [-0.15, -0.1) is 11.8 Å². The number of hydrogen-bond donors (Lipinski definition) is 3. The number of rotatable bonds is 7. The van der Waals surface area contributed by atoms with Crippen molar-refractivity contribution in [1.82, 2.24) is 5.32 Å². The zero-order valence-corrected chi connectivity index (χ0v) is 13.3. The average Bonchev–Trinajstić information content (AvgIpc) is 2.98. The molecule has 0 aliphatic heterocycles. The van der Waals surface area contributed by atoms with Crippen LogP contribution in [0, 0.1) is 0 Å². The van der Waals surface area contributed by atoms with Crippen molar-refractivity contribution in [3.05, 3.63) is 24.3 Å². The van der Waals surface area contributed by atoms with Gasteiger partial charge in [-0.3, -0.25) is 4.79 Å². The van der Waals surface area contributed by atoms with Gasteiger partial charge in [0.2, 0.25) is 0 Å². The lowest BCUT2D eigenvalue weighted by Gasteiger charge is -2.10. The molecule has 0 unspecified atom stereocenters. The number of carboxylic acid groups (broad SMARTS) is 1. The highest BCUT2D eigenvalue weighted by molar-refractivity contribution is 8.00. The van der Waals surface area contributed by atoms with Gasteiger partial charge in [0.1, 0.15) is 0 Å². The van der Waals surface area contributed by atoms with E-state index in [4.69, 9.17) is 5.11 Å². The number of hydrogen-bond acceptors (Lipinski definition) is 3. The van der Waals surface area contributed by atoms with Crippen molar-refractivity contribution in [3.8, 4) is 0 Å². The zero-order chi connectivity index (χ0) is 15.8. The summed E-state index contributed by atoms with van der Waals surface area (Å²) in [6.45, 7) is 0.355. The fourth-order valence-corrected chi connectivity index (χ4v) is 3.68. The van der Waals surface area contributed by atoms with Gasteiger partial charge in [-0.25, -0.2) is 4.79 Å². The highest BCUT2D eigenvalue weighted by Crippen LogP contribution is 2.34. The Balaban J connectivity index is 1.70. The molecule has 1 aliphatic carbocycles. The van der Waals surface area contributed by atoms with E-state index in [1.54, 1.807) is 0 Å². The number of carboxylic acids is 1. The minimum Gasteiger partial charge on any atom is -0.481 e. The molecule has 0 saturated heterocycles. The van der Waals surface area contributed by atoms with Crippen molar-refractivity contribution in [2.24, 2.45) is 0 Å². The van der Waals surface area contributed by atoms with E-state index in [1.807, 2.05) is 36.0 Å². The summed E-state index contributed by atoms with van der Waals surface area (Å²) in [4.78, 5) is 23.2. The van der Waals surface area contributed by atoms with Crippen molar-refractivity contribution in [3.63, 3.8) is 0 Å². The van der Waals surface area contributed by atoms with E-state index in [1.165, 1.54) is 30.6 Å². The smallest absolute Gasteiger partial charge is 0.319 e. The number of anilines is 1. The maximum Gasteiger partial charge on any atom is 0.319 e. The molecule has 0 atom stereocenters. The molecule has 2 amide bonds. The third-order valence-corrected chi connectivity index (χ3v) is 4.92. The number of urea groups is 1. The van der Waals surface area contributed by atoms with Gasteiger partial charge in [0.25, 0.3) is 0 Å². The molecule has 120 valence electrons. The molecular weight excluding hydrogens is 300 g/mol. The largest absolute Gasteiger partial charge is 0.481 e. The van der Waals surface area contributed by atoms with Crippen molar-refractivity contribution in [1.29, 1.82) is 0 Å². The molecule has 0 heterocycles. The van der Waals surface area contributed by atoms with Crippen molar-refractivity contribution in [2.45, 2.75) is 48.7 Å². The number of amides is 2. The molecule has 22 heavy (non-hydrogen) atoms. The number of carbonyl (C=O) groups excluding carboxylic acids is 1. The number of aliphatic carboxylic acids is 1. The number of nitrogens with one attached hydrogen (secondary N) is 2. The molecule has 2 rings (SSSR count). The van der Waals surface area contributed by atoms with Crippen LogP contribution in [0.4, 0.5) is 10.5 Å². The van der Waals surface area contributed by atoms with Gasteiger partial charge < -0.3 is 15.7 Å². The molecule has 0 aromatic heterocycles. The highest BCUT2D eigenvalue weighted by Gasteiger charge is 2.15. The van der Waals surface area contributed by atoms with E-state index < -0.39 is 5.97 Å². The zero-order valence-electron chi connectivity index (χ0n) is 12.5. The maximum atomic E-state index is 11.6. The summed E-state index contributed by atoms with van der Waals surface area (Å²) in [6, 6.07) is 7.55. The second-order valence-corrected chi connectivity index (χ2v) is 6.80. The Labute approximate surface area is 134 Å². The predicted octanol–water partition coefficient (Wildman–Crippen LogP) is 3.71. The molecule has 0 bridgehead atoms. The van der Waals surface area contributed by atoms with E-state index in [9.17, 15) is 9.59 Å². The molecule has 0 radical (unpaired) electrons. The van der Waals surface area contributed by atoms with Gasteiger partial charge in [0.15, 0.2) is 0 Å². The summed E-state index contributed by atoms with van der Waals surface area (Å²) in [6.07, 6.45) is 5.75. The Bertz CT molecular complexity index is 499. The Morgan fingerprint density at radius 1 is 1.18 bits per heavy atom. The Morgan fingerprint density at radius 3 is 2.50 bits per heavy atom. The first-order valence-electron chi connectivity index (χ1n) is 7.67. The predicted molar refractivity (Wildman–Crippen MR) is 88.4 cm³/mol. The van der Waals surface area contributed by atoms with Gasteiger partial charge >= 0.3 is 12.0 Å². The molecule has 0 spiro atoms. The van der Waals surface area contributed by atoms with Crippen LogP contribution in [0.15, 0.2) is 29.2 Å². The van der Waals surface area contributed by atoms with Gasteiger partial charge in [0, 0.05) is 28.8 Å². The summed E-state index contributed by atoms with van der Waals surface area (Å²) < 4.78 is 0. The fourth-order valence-electron chi connectivity index (χ4n) is 2.43. The second kappa shape index (κ2) is 8.68. The summed E-state index contributed by atoms with van der Waals surface area (Å²) in [7, 11) is 0. The molecular formula is C16H22N2O3S. The van der Waals surface area contributed by atoms with Gasteiger partial charge in [-0.2, -0.15) is 0 Å². The van der Waals surface area contributed by atoms with Crippen LogP contribution in [0.1, 0.15) is 38.5 Å². The van der Waals surface area contributed by atoms with Crippen molar-refractivity contribution in [2.75, 3.05) is 11.9 Å². The molecule has 1 aromatic carbocycles.